The Morgan fingerprint density at radius 3 is 2.14 bits per heavy atom. The van der Waals surface area contributed by atoms with Crippen molar-refractivity contribution in [2.75, 3.05) is 4.72 Å². The smallest absolute Gasteiger partial charge is 0.416 e. The first-order valence-electron chi connectivity index (χ1n) is 5.71. The van der Waals surface area contributed by atoms with Crippen molar-refractivity contribution in [1.29, 1.82) is 0 Å². The molecule has 0 aliphatic carbocycles. The van der Waals surface area contributed by atoms with E-state index in [2.05, 4.69) is 15.9 Å². The third kappa shape index (κ3) is 3.84. The summed E-state index contributed by atoms with van der Waals surface area (Å²) in [6.07, 6.45) is -4.45. The zero-order valence-electron chi connectivity index (χ0n) is 10.6. The quantitative estimate of drug-likeness (QED) is 0.614. The maximum Gasteiger partial charge on any atom is 0.416 e. The summed E-state index contributed by atoms with van der Waals surface area (Å²) in [6.45, 7) is 0. The summed E-state index contributed by atoms with van der Waals surface area (Å²) in [6, 6.07) is 6.63. The summed E-state index contributed by atoms with van der Waals surface area (Å²) in [7, 11) is 0. The van der Waals surface area contributed by atoms with Crippen LogP contribution < -0.4 is 4.72 Å². The van der Waals surface area contributed by atoms with Gasteiger partial charge in [0.1, 0.15) is 5.82 Å². The molecule has 0 radical (unpaired) electrons. The Morgan fingerprint density at radius 1 is 1.09 bits per heavy atom. The molecule has 2 aromatic rings. The maximum atomic E-state index is 13.9. The second-order valence-electron chi connectivity index (χ2n) is 4.23. The molecule has 0 spiro atoms. The Hall–Kier alpha value is -1.45. The average Bonchev–Trinajstić information content (AvgIpc) is 2.41. The van der Waals surface area contributed by atoms with Crippen LogP contribution in [0.4, 0.5) is 23.2 Å². The lowest BCUT2D eigenvalue weighted by Gasteiger charge is -2.13. The number of rotatable bonds is 3. The Kier molecular flexibility index (Phi) is 4.88. The summed E-state index contributed by atoms with van der Waals surface area (Å²) >= 11 is 0.318. The topological polar surface area (TPSA) is 52.2 Å². The van der Waals surface area contributed by atoms with Crippen molar-refractivity contribution in [2.45, 2.75) is 6.18 Å². The molecular formula is C13H7BrF4NO2S-. The minimum Gasteiger partial charge on any atom is -0.755 e. The fraction of sp³-hybridized carbons (Fsp3) is 0.0769. The van der Waals surface area contributed by atoms with Crippen LogP contribution in [0, 0.1) is 5.82 Å². The van der Waals surface area contributed by atoms with Crippen LogP contribution in [0.25, 0.3) is 11.1 Å². The first kappa shape index (κ1) is 16.9. The van der Waals surface area contributed by atoms with Gasteiger partial charge in [0.25, 0.3) is 0 Å². The predicted molar refractivity (Wildman–Crippen MR) is 77.1 cm³/mol. The molecule has 0 bridgehead atoms. The number of halogens is 5. The zero-order valence-corrected chi connectivity index (χ0v) is 13.0. The summed E-state index contributed by atoms with van der Waals surface area (Å²) in [5.74, 6) is -0.853. The number of hydrogen-bond acceptors (Lipinski definition) is 2. The van der Waals surface area contributed by atoms with Crippen molar-refractivity contribution in [2.24, 2.45) is 0 Å². The molecule has 2 aromatic carbocycles. The van der Waals surface area contributed by atoms with Gasteiger partial charge in [0.05, 0.1) is 11.3 Å². The van der Waals surface area contributed by atoms with Crippen LogP contribution in [0.3, 0.4) is 0 Å². The minimum absolute atomic E-state index is 0.131. The predicted octanol–water partition coefficient (Wildman–Crippen LogP) is 4.48. The van der Waals surface area contributed by atoms with E-state index in [-0.39, 0.29) is 10.2 Å². The van der Waals surface area contributed by atoms with Gasteiger partial charge in [0, 0.05) is 15.7 Å². The number of anilines is 1. The van der Waals surface area contributed by atoms with E-state index in [1.54, 1.807) is 0 Å². The van der Waals surface area contributed by atoms with Gasteiger partial charge in [-0.1, -0.05) is 12.1 Å². The molecule has 0 heterocycles. The molecule has 1 atom stereocenters. The molecule has 0 fully saturated rings. The Bertz CT molecular complexity index is 696. The fourth-order valence-electron chi connectivity index (χ4n) is 1.77. The molecule has 2 rings (SSSR count). The lowest BCUT2D eigenvalue weighted by molar-refractivity contribution is -0.137. The molecule has 1 N–H and O–H groups in total. The van der Waals surface area contributed by atoms with E-state index < -0.39 is 28.8 Å². The molecule has 0 amide bonds. The Balaban J connectivity index is 2.39. The summed E-state index contributed by atoms with van der Waals surface area (Å²) in [4.78, 5) is 0. The van der Waals surface area contributed by atoms with E-state index in [1.807, 2.05) is 4.72 Å². The number of benzene rings is 2. The van der Waals surface area contributed by atoms with Crippen molar-refractivity contribution in [1.82, 2.24) is 0 Å². The SMILES string of the molecule is O=S([O-])Nc1c(F)cc(-c2ccc(C(F)(F)F)cc2)cc1Br. The molecule has 0 saturated carbocycles. The second-order valence-corrected chi connectivity index (χ2v) is 5.75. The van der Waals surface area contributed by atoms with E-state index in [4.69, 9.17) is 0 Å². The summed E-state index contributed by atoms with van der Waals surface area (Å²) < 4.78 is 74.5. The number of nitrogens with one attached hydrogen (secondary N) is 1. The van der Waals surface area contributed by atoms with Gasteiger partial charge in [-0.3, -0.25) is 4.21 Å². The monoisotopic (exact) mass is 396 g/mol. The fourth-order valence-corrected chi connectivity index (χ4v) is 2.81. The Labute approximate surface area is 133 Å². The number of alkyl halides is 3. The second kappa shape index (κ2) is 6.35. The van der Waals surface area contributed by atoms with Crippen LogP contribution in [0.5, 0.6) is 0 Å². The van der Waals surface area contributed by atoms with Gasteiger partial charge in [0.2, 0.25) is 0 Å². The van der Waals surface area contributed by atoms with Gasteiger partial charge in [-0.2, -0.15) is 13.2 Å². The largest absolute Gasteiger partial charge is 0.755 e. The lowest BCUT2D eigenvalue weighted by Crippen LogP contribution is -2.05. The van der Waals surface area contributed by atoms with Gasteiger partial charge in [-0.05, 0) is 51.3 Å². The summed E-state index contributed by atoms with van der Waals surface area (Å²) in [5.41, 5.74) is -0.414. The highest BCUT2D eigenvalue weighted by Gasteiger charge is 2.30. The molecule has 0 aliphatic rings. The molecule has 0 saturated heterocycles. The first-order valence-corrected chi connectivity index (χ1v) is 7.58. The Morgan fingerprint density at radius 2 is 1.68 bits per heavy atom. The molecule has 118 valence electrons. The molecule has 9 heteroatoms. The minimum atomic E-state index is -4.45. The zero-order chi connectivity index (χ0) is 16.5. The van der Waals surface area contributed by atoms with Crippen LogP contribution in [0.15, 0.2) is 40.9 Å². The van der Waals surface area contributed by atoms with Crippen LogP contribution in [-0.4, -0.2) is 8.76 Å². The molecule has 0 aromatic heterocycles. The van der Waals surface area contributed by atoms with Crippen molar-refractivity contribution in [3.05, 3.63) is 52.3 Å². The van der Waals surface area contributed by atoms with Crippen molar-refractivity contribution >= 4 is 32.9 Å². The van der Waals surface area contributed by atoms with E-state index >= 15 is 0 Å². The van der Waals surface area contributed by atoms with E-state index in [9.17, 15) is 26.3 Å². The van der Waals surface area contributed by atoms with Crippen molar-refractivity contribution in [3.8, 4) is 11.1 Å². The van der Waals surface area contributed by atoms with E-state index in [0.717, 1.165) is 18.2 Å². The van der Waals surface area contributed by atoms with Gasteiger partial charge >= 0.3 is 6.18 Å². The van der Waals surface area contributed by atoms with Crippen LogP contribution >= 0.6 is 15.9 Å². The number of hydrogen-bond donors (Lipinski definition) is 1. The summed E-state index contributed by atoms with van der Waals surface area (Å²) in [5, 5.41) is 0. The molecule has 22 heavy (non-hydrogen) atoms. The third-order valence-electron chi connectivity index (χ3n) is 2.77. The van der Waals surface area contributed by atoms with Gasteiger partial charge in [0.15, 0.2) is 0 Å². The van der Waals surface area contributed by atoms with E-state index in [1.165, 1.54) is 18.2 Å². The highest BCUT2D eigenvalue weighted by Crippen LogP contribution is 2.34. The average molecular weight is 397 g/mol. The van der Waals surface area contributed by atoms with Gasteiger partial charge in [-0.25, -0.2) is 4.39 Å². The molecule has 0 aliphatic heterocycles. The van der Waals surface area contributed by atoms with Gasteiger partial charge < -0.3 is 9.27 Å². The van der Waals surface area contributed by atoms with Crippen LogP contribution in [0.1, 0.15) is 5.56 Å². The maximum absolute atomic E-state index is 13.9. The highest BCUT2D eigenvalue weighted by molar-refractivity contribution is 9.10. The normalized spacial score (nSPS) is 13.0. The highest BCUT2D eigenvalue weighted by atomic mass is 79.9. The first-order chi connectivity index (χ1) is 10.2. The van der Waals surface area contributed by atoms with Gasteiger partial charge in [-0.15, -0.1) is 0 Å². The van der Waals surface area contributed by atoms with Crippen molar-refractivity contribution in [3.63, 3.8) is 0 Å². The van der Waals surface area contributed by atoms with Crippen molar-refractivity contribution < 1.29 is 26.3 Å². The molecule has 3 nitrogen and oxygen atoms in total. The van der Waals surface area contributed by atoms with Crippen LogP contribution in [-0.2, 0) is 17.4 Å². The standard InChI is InChI=1S/C13H8BrF4NO2S/c14-10-5-8(6-11(15)12(10)19-22(20)21)7-1-3-9(4-2-7)13(16,17)18/h1-6,19H,(H,20,21)/p-1. The lowest BCUT2D eigenvalue weighted by atomic mass is 10.0. The molecular weight excluding hydrogens is 390 g/mol. The third-order valence-corrected chi connectivity index (χ3v) is 3.77. The molecule has 1 unspecified atom stereocenters. The van der Waals surface area contributed by atoms with Crippen LogP contribution in [0.2, 0.25) is 0 Å². The van der Waals surface area contributed by atoms with E-state index in [0.29, 0.717) is 11.1 Å².